The number of carbonyl (C=O) groups is 1. The normalized spacial score (nSPS) is 11.2. The van der Waals surface area contributed by atoms with Crippen LogP contribution in [0, 0.1) is 0 Å². The maximum atomic E-state index is 13.0. The van der Waals surface area contributed by atoms with Crippen molar-refractivity contribution in [1.82, 2.24) is 15.1 Å². The first-order valence-corrected chi connectivity index (χ1v) is 9.49. The molecule has 4 rings (SSSR count). The van der Waals surface area contributed by atoms with Gasteiger partial charge in [0.1, 0.15) is 0 Å². The van der Waals surface area contributed by atoms with Gasteiger partial charge in [0.25, 0.3) is 5.91 Å². The molecule has 29 heavy (non-hydrogen) atoms. The van der Waals surface area contributed by atoms with Gasteiger partial charge in [-0.15, -0.1) is 0 Å². The molecular formula is C25H21N3O. The molecule has 1 heterocycles. The second kappa shape index (κ2) is 8.85. The van der Waals surface area contributed by atoms with Crippen LogP contribution in [-0.2, 0) is 11.3 Å². The van der Waals surface area contributed by atoms with Crippen LogP contribution in [0.3, 0.4) is 0 Å². The molecule has 0 aliphatic heterocycles. The lowest BCUT2D eigenvalue weighted by Gasteiger charge is -2.10. The van der Waals surface area contributed by atoms with Gasteiger partial charge in [-0.2, -0.15) is 5.10 Å². The van der Waals surface area contributed by atoms with Crippen LogP contribution in [0.2, 0.25) is 0 Å². The highest BCUT2D eigenvalue weighted by molar-refractivity contribution is 6.24. The molecule has 0 aliphatic carbocycles. The Balaban J connectivity index is 1.50. The number of nitrogens with one attached hydrogen (secondary N) is 1. The summed E-state index contributed by atoms with van der Waals surface area (Å²) in [6.45, 7) is 0.456. The second-order valence-electron chi connectivity index (χ2n) is 6.63. The molecule has 0 spiro atoms. The Bertz CT molecular complexity index is 1080. The average molecular weight is 379 g/mol. The number of nitrogens with zero attached hydrogens (tertiary/aromatic N) is 2. The maximum absolute atomic E-state index is 13.0. The Hall–Kier alpha value is -3.92. The molecule has 0 atom stereocenters. The quantitative estimate of drug-likeness (QED) is 0.389. The molecule has 0 saturated carbocycles. The van der Waals surface area contributed by atoms with Gasteiger partial charge in [-0.05, 0) is 41.0 Å². The number of carbonyl (C=O) groups excluding carboxylic acids is 1. The number of amides is 1. The first-order valence-electron chi connectivity index (χ1n) is 9.49. The van der Waals surface area contributed by atoms with E-state index in [-0.39, 0.29) is 5.91 Å². The number of rotatable bonds is 6. The van der Waals surface area contributed by atoms with Crippen molar-refractivity contribution in [2.75, 3.05) is 0 Å². The standard InChI is InChI=1S/C25H21N3O/c29-25(26-19-21-12-14-23(15-13-21)28-17-7-16-27-28)24(22-10-5-2-6-11-22)18-20-8-3-1-4-9-20/h1-18H,19H2,(H,26,29)/b24-18-. The highest BCUT2D eigenvalue weighted by atomic mass is 16.1. The molecule has 3 aromatic carbocycles. The lowest BCUT2D eigenvalue weighted by molar-refractivity contribution is -0.115. The van der Waals surface area contributed by atoms with E-state index in [1.807, 2.05) is 103 Å². The minimum absolute atomic E-state index is 0.101. The van der Waals surface area contributed by atoms with Crippen LogP contribution in [0.15, 0.2) is 103 Å². The van der Waals surface area contributed by atoms with Crippen molar-refractivity contribution in [3.63, 3.8) is 0 Å². The van der Waals surface area contributed by atoms with E-state index in [1.165, 1.54) is 0 Å². The fourth-order valence-corrected chi connectivity index (χ4v) is 3.08. The summed E-state index contributed by atoms with van der Waals surface area (Å²) in [5.41, 5.74) is 4.54. The van der Waals surface area contributed by atoms with E-state index >= 15 is 0 Å². The minimum Gasteiger partial charge on any atom is -0.348 e. The number of hydrogen-bond donors (Lipinski definition) is 1. The predicted molar refractivity (Wildman–Crippen MR) is 116 cm³/mol. The van der Waals surface area contributed by atoms with Crippen molar-refractivity contribution in [3.05, 3.63) is 120 Å². The zero-order valence-electron chi connectivity index (χ0n) is 15.9. The zero-order chi connectivity index (χ0) is 19.9. The molecule has 4 aromatic rings. The summed E-state index contributed by atoms with van der Waals surface area (Å²) >= 11 is 0. The molecule has 0 radical (unpaired) electrons. The lowest BCUT2D eigenvalue weighted by atomic mass is 10.0. The molecule has 4 nitrogen and oxygen atoms in total. The highest BCUT2D eigenvalue weighted by Gasteiger charge is 2.12. The van der Waals surface area contributed by atoms with Crippen molar-refractivity contribution in [1.29, 1.82) is 0 Å². The van der Waals surface area contributed by atoms with Crippen molar-refractivity contribution >= 4 is 17.6 Å². The molecule has 142 valence electrons. The Morgan fingerprint density at radius 3 is 2.21 bits per heavy atom. The third-order valence-corrected chi connectivity index (χ3v) is 4.60. The molecule has 1 N–H and O–H groups in total. The first kappa shape index (κ1) is 18.4. The molecule has 0 bridgehead atoms. The van der Waals surface area contributed by atoms with Crippen molar-refractivity contribution in [2.45, 2.75) is 6.54 Å². The van der Waals surface area contributed by atoms with Crippen LogP contribution in [0.1, 0.15) is 16.7 Å². The van der Waals surface area contributed by atoms with Crippen molar-refractivity contribution < 1.29 is 4.79 Å². The van der Waals surface area contributed by atoms with Gasteiger partial charge in [-0.3, -0.25) is 4.79 Å². The van der Waals surface area contributed by atoms with Crippen LogP contribution in [0.25, 0.3) is 17.3 Å². The van der Waals surface area contributed by atoms with Crippen LogP contribution < -0.4 is 5.32 Å². The summed E-state index contributed by atoms with van der Waals surface area (Å²) in [6, 6.07) is 29.5. The van der Waals surface area contributed by atoms with E-state index in [2.05, 4.69) is 10.4 Å². The summed E-state index contributed by atoms with van der Waals surface area (Å²) in [5.74, 6) is -0.101. The third kappa shape index (κ3) is 4.68. The smallest absolute Gasteiger partial charge is 0.252 e. The number of benzene rings is 3. The molecule has 0 saturated heterocycles. The molecule has 0 unspecified atom stereocenters. The molecular weight excluding hydrogens is 358 g/mol. The zero-order valence-corrected chi connectivity index (χ0v) is 15.9. The summed E-state index contributed by atoms with van der Waals surface area (Å²) < 4.78 is 1.80. The van der Waals surface area contributed by atoms with Gasteiger partial charge in [0, 0.05) is 24.5 Å². The van der Waals surface area contributed by atoms with Crippen LogP contribution in [-0.4, -0.2) is 15.7 Å². The SMILES string of the molecule is O=C(NCc1ccc(-n2cccn2)cc1)/C(=C\c1ccccc1)c1ccccc1. The maximum Gasteiger partial charge on any atom is 0.252 e. The summed E-state index contributed by atoms with van der Waals surface area (Å²) in [5, 5.41) is 7.27. The van der Waals surface area contributed by atoms with Gasteiger partial charge in [0.15, 0.2) is 0 Å². The topological polar surface area (TPSA) is 46.9 Å². The lowest BCUT2D eigenvalue weighted by Crippen LogP contribution is -2.23. The van der Waals surface area contributed by atoms with E-state index in [0.29, 0.717) is 12.1 Å². The fourth-order valence-electron chi connectivity index (χ4n) is 3.08. The van der Waals surface area contributed by atoms with E-state index < -0.39 is 0 Å². The minimum atomic E-state index is -0.101. The first-order chi connectivity index (χ1) is 14.3. The Labute approximate surface area is 170 Å². The molecule has 0 aliphatic rings. The highest BCUT2D eigenvalue weighted by Crippen LogP contribution is 2.19. The fraction of sp³-hybridized carbons (Fsp3) is 0.0400. The van der Waals surface area contributed by atoms with Gasteiger partial charge in [-0.1, -0.05) is 72.8 Å². The monoisotopic (exact) mass is 379 g/mol. The van der Waals surface area contributed by atoms with Crippen molar-refractivity contribution in [2.24, 2.45) is 0 Å². The summed E-state index contributed by atoms with van der Waals surface area (Å²) in [4.78, 5) is 13.0. The molecule has 1 aromatic heterocycles. The van der Waals surface area contributed by atoms with Gasteiger partial charge in [0.05, 0.1) is 5.69 Å². The van der Waals surface area contributed by atoms with Gasteiger partial charge in [-0.25, -0.2) is 4.68 Å². The summed E-state index contributed by atoms with van der Waals surface area (Å²) in [6.07, 6.45) is 5.57. The van der Waals surface area contributed by atoms with Crippen molar-refractivity contribution in [3.8, 4) is 5.69 Å². The number of aromatic nitrogens is 2. The molecule has 4 heteroatoms. The third-order valence-electron chi connectivity index (χ3n) is 4.60. The molecule has 1 amide bonds. The second-order valence-corrected chi connectivity index (χ2v) is 6.63. The van der Waals surface area contributed by atoms with Gasteiger partial charge in [0.2, 0.25) is 0 Å². The van der Waals surface area contributed by atoms with Crippen LogP contribution in [0.5, 0.6) is 0 Å². The van der Waals surface area contributed by atoms with E-state index in [1.54, 1.807) is 10.9 Å². The van der Waals surface area contributed by atoms with Crippen LogP contribution in [0.4, 0.5) is 0 Å². The van der Waals surface area contributed by atoms with E-state index in [9.17, 15) is 4.79 Å². The average Bonchev–Trinajstić information content (AvgIpc) is 3.32. The summed E-state index contributed by atoms with van der Waals surface area (Å²) in [7, 11) is 0. The van der Waals surface area contributed by atoms with Gasteiger partial charge >= 0.3 is 0 Å². The molecule has 0 fully saturated rings. The Kier molecular flexibility index (Phi) is 5.63. The Morgan fingerprint density at radius 1 is 0.862 bits per heavy atom. The Morgan fingerprint density at radius 2 is 1.55 bits per heavy atom. The number of hydrogen-bond acceptors (Lipinski definition) is 2. The largest absolute Gasteiger partial charge is 0.348 e. The van der Waals surface area contributed by atoms with E-state index in [0.717, 1.165) is 22.4 Å². The van der Waals surface area contributed by atoms with Crippen LogP contribution >= 0.6 is 0 Å². The predicted octanol–water partition coefficient (Wildman–Crippen LogP) is 4.73. The van der Waals surface area contributed by atoms with Gasteiger partial charge < -0.3 is 5.32 Å². The van der Waals surface area contributed by atoms with E-state index in [4.69, 9.17) is 0 Å².